The van der Waals surface area contributed by atoms with Crippen molar-refractivity contribution in [1.29, 1.82) is 0 Å². The molecular weight excluding hydrogens is 504 g/mol. The summed E-state index contributed by atoms with van der Waals surface area (Å²) in [6, 6.07) is 4.21. The number of aliphatic imine (C=N–C) groups is 1. The monoisotopic (exact) mass is 539 g/mol. The van der Waals surface area contributed by atoms with Crippen molar-refractivity contribution in [2.75, 3.05) is 19.3 Å². The Kier molecular flexibility index (Phi) is 12.1. The molecule has 2 N–H and O–H groups in total. The van der Waals surface area contributed by atoms with Crippen LogP contribution in [-0.4, -0.2) is 33.7 Å². The Hall–Kier alpha value is -0.900. The summed E-state index contributed by atoms with van der Waals surface area (Å²) in [6.45, 7) is 3.86. The zero-order chi connectivity index (χ0) is 20.4. The van der Waals surface area contributed by atoms with Crippen LogP contribution in [0.1, 0.15) is 63.0 Å². The van der Waals surface area contributed by atoms with Crippen LogP contribution in [0.5, 0.6) is 0 Å². The lowest BCUT2D eigenvalue weighted by Gasteiger charge is -2.21. The Labute approximate surface area is 192 Å². The van der Waals surface area contributed by atoms with Gasteiger partial charge in [0.15, 0.2) is 15.8 Å². The summed E-state index contributed by atoms with van der Waals surface area (Å²) < 4.78 is 37.0. The fourth-order valence-electron chi connectivity index (χ4n) is 3.66. The van der Waals surface area contributed by atoms with Gasteiger partial charge in [-0.1, -0.05) is 38.2 Å². The lowest BCUT2D eigenvalue weighted by molar-refractivity contribution is 0.375. The molecule has 1 aromatic rings. The SMILES string of the molecule is CCNC(=NCc1cc(F)ccc1CS(C)(=O)=O)NCC1CCCCCCC1.I. The quantitative estimate of drug-likeness (QED) is 0.306. The first-order valence-electron chi connectivity index (χ1n) is 10.3. The summed E-state index contributed by atoms with van der Waals surface area (Å²) >= 11 is 0. The molecule has 2 rings (SSSR count). The van der Waals surface area contributed by atoms with Gasteiger partial charge in [0.1, 0.15) is 5.82 Å². The van der Waals surface area contributed by atoms with Crippen molar-refractivity contribution in [3.8, 4) is 0 Å². The fourth-order valence-corrected chi connectivity index (χ4v) is 4.50. The van der Waals surface area contributed by atoms with E-state index in [-0.39, 0.29) is 42.1 Å². The van der Waals surface area contributed by atoms with Crippen molar-refractivity contribution in [3.63, 3.8) is 0 Å². The molecule has 8 heteroatoms. The number of halogens is 2. The fraction of sp³-hybridized carbons (Fsp3) is 0.667. The summed E-state index contributed by atoms with van der Waals surface area (Å²) in [5.41, 5.74) is 1.21. The van der Waals surface area contributed by atoms with Crippen molar-refractivity contribution in [2.45, 2.75) is 64.2 Å². The van der Waals surface area contributed by atoms with Gasteiger partial charge in [-0.3, -0.25) is 0 Å². The van der Waals surface area contributed by atoms with Crippen molar-refractivity contribution in [2.24, 2.45) is 10.9 Å². The maximum absolute atomic E-state index is 13.7. The summed E-state index contributed by atoms with van der Waals surface area (Å²) in [5.74, 6) is 0.859. The zero-order valence-electron chi connectivity index (χ0n) is 17.5. The van der Waals surface area contributed by atoms with Crippen molar-refractivity contribution >= 4 is 39.8 Å². The van der Waals surface area contributed by atoms with E-state index in [0.717, 1.165) is 13.1 Å². The highest BCUT2D eigenvalue weighted by molar-refractivity contribution is 14.0. The Morgan fingerprint density at radius 3 is 2.38 bits per heavy atom. The predicted molar refractivity (Wildman–Crippen MR) is 129 cm³/mol. The second-order valence-corrected chi connectivity index (χ2v) is 9.91. The van der Waals surface area contributed by atoms with Gasteiger partial charge in [0.2, 0.25) is 0 Å². The van der Waals surface area contributed by atoms with Crippen LogP contribution < -0.4 is 10.6 Å². The molecule has 1 aliphatic rings. The standard InChI is InChI=1S/C21H34FN3O2S.HI/c1-3-23-21(24-14-17-9-7-5-4-6-8-10-17)25-15-19-13-20(22)12-11-18(19)16-28(2,26)27;/h11-13,17H,3-10,14-16H2,1-2H3,(H2,23,24,25);1H. The Balaban J connectivity index is 0.00000420. The molecule has 5 nitrogen and oxygen atoms in total. The molecule has 0 spiro atoms. The first-order chi connectivity index (χ1) is 13.4. The van der Waals surface area contributed by atoms with Gasteiger partial charge in [-0.25, -0.2) is 17.8 Å². The maximum atomic E-state index is 13.7. The predicted octanol–water partition coefficient (Wildman–Crippen LogP) is 4.40. The van der Waals surface area contributed by atoms with E-state index in [9.17, 15) is 12.8 Å². The minimum Gasteiger partial charge on any atom is -0.357 e. The molecule has 0 heterocycles. The highest BCUT2D eigenvalue weighted by Crippen LogP contribution is 2.21. The largest absolute Gasteiger partial charge is 0.357 e. The van der Waals surface area contributed by atoms with Crippen LogP contribution >= 0.6 is 24.0 Å². The van der Waals surface area contributed by atoms with Gasteiger partial charge in [0.05, 0.1) is 12.3 Å². The van der Waals surface area contributed by atoms with Gasteiger partial charge >= 0.3 is 0 Å². The highest BCUT2D eigenvalue weighted by atomic mass is 127. The van der Waals surface area contributed by atoms with E-state index in [4.69, 9.17) is 0 Å². The van der Waals surface area contributed by atoms with Crippen LogP contribution in [0, 0.1) is 11.7 Å². The molecule has 166 valence electrons. The molecule has 0 unspecified atom stereocenters. The van der Waals surface area contributed by atoms with E-state index in [0.29, 0.717) is 23.0 Å². The third kappa shape index (κ3) is 10.6. The van der Waals surface area contributed by atoms with Crippen LogP contribution in [0.15, 0.2) is 23.2 Å². The summed E-state index contributed by atoms with van der Waals surface area (Å²) in [6.07, 6.45) is 10.3. The second kappa shape index (κ2) is 13.4. The van der Waals surface area contributed by atoms with E-state index in [1.165, 1.54) is 69.4 Å². The molecule has 29 heavy (non-hydrogen) atoms. The van der Waals surface area contributed by atoms with E-state index < -0.39 is 9.84 Å². The van der Waals surface area contributed by atoms with Crippen molar-refractivity contribution < 1.29 is 12.8 Å². The van der Waals surface area contributed by atoms with Crippen molar-refractivity contribution in [1.82, 2.24) is 10.6 Å². The Morgan fingerprint density at radius 2 is 1.76 bits per heavy atom. The Morgan fingerprint density at radius 1 is 1.10 bits per heavy atom. The van der Waals surface area contributed by atoms with Gasteiger partial charge < -0.3 is 10.6 Å². The number of hydrogen-bond donors (Lipinski definition) is 2. The molecule has 1 fully saturated rings. The number of guanidine groups is 1. The molecule has 0 radical (unpaired) electrons. The zero-order valence-corrected chi connectivity index (χ0v) is 20.7. The molecule has 1 aromatic carbocycles. The number of sulfone groups is 1. The third-order valence-electron chi connectivity index (χ3n) is 5.12. The number of nitrogens with one attached hydrogen (secondary N) is 2. The first kappa shape index (κ1) is 26.1. The summed E-state index contributed by atoms with van der Waals surface area (Å²) in [4.78, 5) is 4.57. The Bertz CT molecular complexity index is 748. The van der Waals surface area contributed by atoms with Crippen LogP contribution in [0.4, 0.5) is 4.39 Å². The summed E-state index contributed by atoms with van der Waals surface area (Å²) in [5, 5.41) is 6.65. The van der Waals surface area contributed by atoms with Crippen LogP contribution in [0.25, 0.3) is 0 Å². The van der Waals surface area contributed by atoms with E-state index in [1.807, 2.05) is 6.92 Å². The van der Waals surface area contributed by atoms with E-state index >= 15 is 0 Å². The number of hydrogen-bond acceptors (Lipinski definition) is 3. The number of benzene rings is 1. The molecule has 1 saturated carbocycles. The van der Waals surface area contributed by atoms with Gasteiger partial charge in [-0.15, -0.1) is 24.0 Å². The minimum absolute atomic E-state index is 0. The molecule has 0 aromatic heterocycles. The van der Waals surface area contributed by atoms with Crippen molar-refractivity contribution in [3.05, 3.63) is 35.1 Å². The minimum atomic E-state index is -3.19. The van der Waals surface area contributed by atoms with E-state index in [1.54, 1.807) is 0 Å². The topological polar surface area (TPSA) is 70.6 Å². The van der Waals surface area contributed by atoms with Gasteiger partial charge in [0, 0.05) is 19.3 Å². The molecule has 0 amide bonds. The van der Waals surface area contributed by atoms with E-state index in [2.05, 4.69) is 15.6 Å². The smallest absolute Gasteiger partial charge is 0.191 e. The molecule has 0 bridgehead atoms. The highest BCUT2D eigenvalue weighted by Gasteiger charge is 2.13. The second-order valence-electron chi connectivity index (χ2n) is 7.77. The first-order valence-corrected chi connectivity index (χ1v) is 12.4. The average Bonchev–Trinajstić information content (AvgIpc) is 2.59. The van der Waals surface area contributed by atoms with Gasteiger partial charge in [-0.05, 0) is 48.9 Å². The lowest BCUT2D eigenvalue weighted by atomic mass is 9.91. The molecule has 0 saturated heterocycles. The normalized spacial score (nSPS) is 16.4. The molecular formula is C21H35FIN3O2S. The van der Waals surface area contributed by atoms with Crippen LogP contribution in [-0.2, 0) is 22.1 Å². The average molecular weight is 539 g/mol. The molecule has 1 aliphatic carbocycles. The van der Waals surface area contributed by atoms with Gasteiger partial charge in [-0.2, -0.15) is 0 Å². The lowest BCUT2D eigenvalue weighted by Crippen LogP contribution is -2.40. The van der Waals surface area contributed by atoms with Crippen LogP contribution in [0.3, 0.4) is 0 Å². The maximum Gasteiger partial charge on any atom is 0.191 e. The summed E-state index contributed by atoms with van der Waals surface area (Å²) in [7, 11) is -3.19. The van der Waals surface area contributed by atoms with Gasteiger partial charge in [0.25, 0.3) is 0 Å². The number of rotatable bonds is 7. The molecule has 0 aliphatic heterocycles. The molecule has 0 atom stereocenters. The number of nitrogens with zero attached hydrogens (tertiary/aromatic N) is 1. The third-order valence-corrected chi connectivity index (χ3v) is 5.96. The van der Waals surface area contributed by atoms with Crippen LogP contribution in [0.2, 0.25) is 0 Å².